The SMILES string of the molecule is CCn1cnnc1CNC(=O)N[C@H](C)c1cccc(N2CCCC2)c1. The van der Waals surface area contributed by atoms with Gasteiger partial charge in [-0.2, -0.15) is 0 Å². The Morgan fingerprint density at radius 1 is 1.32 bits per heavy atom. The Hall–Kier alpha value is -2.57. The minimum atomic E-state index is -0.204. The van der Waals surface area contributed by atoms with Crippen LogP contribution >= 0.6 is 0 Å². The molecule has 1 fully saturated rings. The Balaban J connectivity index is 1.55. The van der Waals surface area contributed by atoms with Crippen LogP contribution < -0.4 is 15.5 Å². The number of rotatable bonds is 6. The zero-order valence-electron chi connectivity index (χ0n) is 14.9. The summed E-state index contributed by atoms with van der Waals surface area (Å²) in [6.45, 7) is 7.39. The van der Waals surface area contributed by atoms with Crippen LogP contribution in [0.3, 0.4) is 0 Å². The van der Waals surface area contributed by atoms with Gasteiger partial charge in [0.05, 0.1) is 12.6 Å². The summed E-state index contributed by atoms with van der Waals surface area (Å²) in [5.74, 6) is 0.751. The number of hydrogen-bond donors (Lipinski definition) is 2. The molecule has 0 unspecified atom stereocenters. The van der Waals surface area contributed by atoms with Crippen LogP contribution in [0.4, 0.5) is 10.5 Å². The number of aromatic nitrogens is 3. The Morgan fingerprint density at radius 2 is 2.12 bits per heavy atom. The summed E-state index contributed by atoms with van der Waals surface area (Å²) in [6.07, 6.45) is 4.17. The number of carbonyl (C=O) groups is 1. The predicted molar refractivity (Wildman–Crippen MR) is 97.4 cm³/mol. The van der Waals surface area contributed by atoms with Crippen molar-refractivity contribution in [1.82, 2.24) is 25.4 Å². The molecular formula is C18H26N6O. The summed E-state index contributed by atoms with van der Waals surface area (Å²) in [4.78, 5) is 14.6. The number of nitrogens with one attached hydrogen (secondary N) is 2. The van der Waals surface area contributed by atoms with Crippen LogP contribution in [0.2, 0.25) is 0 Å². The molecule has 0 aliphatic carbocycles. The number of urea groups is 1. The van der Waals surface area contributed by atoms with Crippen LogP contribution in [0, 0.1) is 0 Å². The molecule has 0 saturated carbocycles. The Bertz CT molecular complexity index is 707. The van der Waals surface area contributed by atoms with Crippen molar-refractivity contribution < 1.29 is 4.79 Å². The first-order valence-electron chi connectivity index (χ1n) is 8.93. The van der Waals surface area contributed by atoms with E-state index in [1.54, 1.807) is 6.33 Å². The quantitative estimate of drug-likeness (QED) is 0.846. The van der Waals surface area contributed by atoms with Crippen LogP contribution in [0.15, 0.2) is 30.6 Å². The summed E-state index contributed by atoms with van der Waals surface area (Å²) in [5.41, 5.74) is 2.34. The summed E-state index contributed by atoms with van der Waals surface area (Å²) in [7, 11) is 0. The van der Waals surface area contributed by atoms with Crippen molar-refractivity contribution in [1.29, 1.82) is 0 Å². The third-order valence-electron chi connectivity index (χ3n) is 4.63. The van der Waals surface area contributed by atoms with E-state index in [0.29, 0.717) is 6.54 Å². The van der Waals surface area contributed by atoms with Gasteiger partial charge in [0.2, 0.25) is 0 Å². The Kier molecular flexibility index (Phi) is 5.53. The first-order valence-corrected chi connectivity index (χ1v) is 8.93. The van der Waals surface area contributed by atoms with Crippen LogP contribution in [-0.2, 0) is 13.1 Å². The van der Waals surface area contributed by atoms with Crippen molar-refractivity contribution in [2.24, 2.45) is 0 Å². The number of aryl methyl sites for hydroxylation is 1. The van der Waals surface area contributed by atoms with Gasteiger partial charge in [-0.25, -0.2) is 4.79 Å². The lowest BCUT2D eigenvalue weighted by molar-refractivity contribution is 0.237. The standard InChI is InChI=1S/C18H26N6O/c1-3-23-13-20-22-17(23)12-19-18(25)21-14(2)15-7-6-8-16(11-15)24-9-4-5-10-24/h6-8,11,13-14H,3-5,9-10,12H2,1-2H3,(H2,19,21,25)/t14-/m1/s1. The average Bonchev–Trinajstić information content (AvgIpc) is 3.31. The van der Waals surface area contributed by atoms with E-state index in [4.69, 9.17) is 0 Å². The van der Waals surface area contributed by atoms with Gasteiger partial charge in [0.25, 0.3) is 0 Å². The molecule has 0 spiro atoms. The van der Waals surface area contributed by atoms with Crippen LogP contribution in [0.25, 0.3) is 0 Å². The smallest absolute Gasteiger partial charge is 0.315 e. The average molecular weight is 342 g/mol. The summed E-state index contributed by atoms with van der Waals surface area (Å²) in [6, 6.07) is 8.15. The molecule has 3 rings (SSSR count). The molecule has 1 aliphatic heterocycles. The molecule has 2 amide bonds. The summed E-state index contributed by atoms with van der Waals surface area (Å²) < 4.78 is 1.91. The highest BCUT2D eigenvalue weighted by Crippen LogP contribution is 2.23. The molecule has 1 aromatic carbocycles. The first-order chi connectivity index (χ1) is 12.2. The molecule has 7 heteroatoms. The monoisotopic (exact) mass is 342 g/mol. The van der Waals surface area contributed by atoms with Gasteiger partial charge in [-0.15, -0.1) is 10.2 Å². The van der Waals surface area contributed by atoms with E-state index in [-0.39, 0.29) is 12.1 Å². The zero-order chi connectivity index (χ0) is 17.6. The lowest BCUT2D eigenvalue weighted by Gasteiger charge is -2.21. The number of carbonyl (C=O) groups excluding carboxylic acids is 1. The highest BCUT2D eigenvalue weighted by molar-refractivity contribution is 5.74. The van der Waals surface area contributed by atoms with Crippen molar-refractivity contribution in [2.75, 3.05) is 18.0 Å². The van der Waals surface area contributed by atoms with Crippen molar-refractivity contribution in [3.8, 4) is 0 Å². The molecule has 2 aromatic rings. The minimum Gasteiger partial charge on any atom is -0.372 e. The lowest BCUT2D eigenvalue weighted by Crippen LogP contribution is -2.37. The molecule has 0 radical (unpaired) electrons. The van der Waals surface area contributed by atoms with Gasteiger partial charge < -0.3 is 20.1 Å². The van der Waals surface area contributed by atoms with Crippen LogP contribution in [0.1, 0.15) is 44.1 Å². The van der Waals surface area contributed by atoms with E-state index in [1.165, 1.54) is 18.5 Å². The minimum absolute atomic E-state index is 0.0633. The maximum atomic E-state index is 12.2. The fourth-order valence-corrected chi connectivity index (χ4v) is 3.14. The third-order valence-corrected chi connectivity index (χ3v) is 4.63. The van der Waals surface area contributed by atoms with Gasteiger partial charge in [-0.05, 0) is 44.4 Å². The number of benzene rings is 1. The molecule has 25 heavy (non-hydrogen) atoms. The van der Waals surface area contributed by atoms with Gasteiger partial charge in [0, 0.05) is 25.3 Å². The normalized spacial score (nSPS) is 15.2. The molecule has 1 aromatic heterocycles. The van der Waals surface area contributed by atoms with Crippen molar-refractivity contribution >= 4 is 11.7 Å². The van der Waals surface area contributed by atoms with Crippen molar-refractivity contribution in [3.05, 3.63) is 42.0 Å². The fraction of sp³-hybridized carbons (Fsp3) is 0.500. The van der Waals surface area contributed by atoms with Gasteiger partial charge in [0.1, 0.15) is 6.33 Å². The third kappa shape index (κ3) is 4.29. The number of nitrogens with zero attached hydrogens (tertiary/aromatic N) is 4. The van der Waals surface area contributed by atoms with E-state index in [1.807, 2.05) is 18.4 Å². The van der Waals surface area contributed by atoms with E-state index >= 15 is 0 Å². The topological polar surface area (TPSA) is 75.1 Å². The highest BCUT2D eigenvalue weighted by Gasteiger charge is 2.15. The molecule has 0 bridgehead atoms. The molecule has 2 N–H and O–H groups in total. The fourth-order valence-electron chi connectivity index (χ4n) is 3.14. The van der Waals surface area contributed by atoms with Gasteiger partial charge in [0.15, 0.2) is 5.82 Å². The molecule has 134 valence electrons. The maximum absolute atomic E-state index is 12.2. The molecule has 1 atom stereocenters. The maximum Gasteiger partial charge on any atom is 0.315 e. The zero-order valence-corrected chi connectivity index (χ0v) is 14.9. The Labute approximate surface area is 148 Å². The second-order valence-electron chi connectivity index (χ2n) is 6.37. The van der Waals surface area contributed by atoms with E-state index in [2.05, 4.69) is 50.0 Å². The van der Waals surface area contributed by atoms with E-state index in [9.17, 15) is 4.79 Å². The van der Waals surface area contributed by atoms with E-state index < -0.39 is 0 Å². The molecular weight excluding hydrogens is 316 g/mol. The summed E-state index contributed by atoms with van der Waals surface area (Å²) >= 11 is 0. The first kappa shape index (κ1) is 17.3. The van der Waals surface area contributed by atoms with Crippen molar-refractivity contribution in [2.45, 2.75) is 45.8 Å². The molecule has 1 saturated heterocycles. The number of hydrogen-bond acceptors (Lipinski definition) is 4. The molecule has 7 nitrogen and oxygen atoms in total. The van der Waals surface area contributed by atoms with Gasteiger partial charge in [-0.3, -0.25) is 0 Å². The van der Waals surface area contributed by atoms with Crippen molar-refractivity contribution in [3.63, 3.8) is 0 Å². The largest absolute Gasteiger partial charge is 0.372 e. The lowest BCUT2D eigenvalue weighted by atomic mass is 10.1. The second kappa shape index (κ2) is 8.00. The molecule has 1 aliphatic rings. The van der Waals surface area contributed by atoms with Crippen LogP contribution in [0.5, 0.6) is 0 Å². The van der Waals surface area contributed by atoms with Crippen LogP contribution in [-0.4, -0.2) is 33.9 Å². The van der Waals surface area contributed by atoms with E-state index in [0.717, 1.165) is 31.0 Å². The van der Waals surface area contributed by atoms with Gasteiger partial charge >= 0.3 is 6.03 Å². The second-order valence-corrected chi connectivity index (χ2v) is 6.37. The number of anilines is 1. The predicted octanol–water partition coefficient (Wildman–Crippen LogP) is 2.46. The summed E-state index contributed by atoms with van der Waals surface area (Å²) in [5, 5.41) is 13.7. The van der Waals surface area contributed by atoms with Gasteiger partial charge in [-0.1, -0.05) is 12.1 Å². The number of amides is 2. The molecule has 2 heterocycles. The Morgan fingerprint density at radius 3 is 2.88 bits per heavy atom. The highest BCUT2D eigenvalue weighted by atomic mass is 16.2.